The van der Waals surface area contributed by atoms with E-state index >= 15 is 0 Å². The van der Waals surface area contributed by atoms with E-state index in [0.717, 1.165) is 17.3 Å². The summed E-state index contributed by atoms with van der Waals surface area (Å²) in [7, 11) is -3.90. The Labute approximate surface area is 154 Å². The lowest BCUT2D eigenvalue weighted by molar-refractivity contribution is -0.140. The number of alkyl halides is 3. The van der Waals surface area contributed by atoms with Crippen LogP contribution < -0.4 is 5.14 Å². The Morgan fingerprint density at radius 2 is 1.63 bits per heavy atom. The Hall–Kier alpha value is -2.65. The summed E-state index contributed by atoms with van der Waals surface area (Å²) in [6.07, 6.45) is -3.69. The van der Waals surface area contributed by atoms with Crippen LogP contribution in [0.5, 0.6) is 0 Å². The average molecular weight is 395 g/mol. The standard InChI is InChI=1S/C18H16F3N3O2S/c1-11-3-6-14(9-12(11)2)24-10-16(18(19,20)21)23-17(24)13-4-7-15(8-5-13)27(22,25)26/h3-10H,1-2H3,(H2,22,25,26). The van der Waals surface area contributed by atoms with Gasteiger partial charge in [-0.3, -0.25) is 4.57 Å². The molecule has 0 amide bonds. The van der Waals surface area contributed by atoms with Crippen molar-refractivity contribution in [2.45, 2.75) is 24.9 Å². The summed E-state index contributed by atoms with van der Waals surface area (Å²) in [5.74, 6) is 0.0477. The molecule has 0 atom stereocenters. The van der Waals surface area contributed by atoms with Crippen LogP contribution in [0, 0.1) is 13.8 Å². The van der Waals surface area contributed by atoms with Gasteiger partial charge < -0.3 is 0 Å². The van der Waals surface area contributed by atoms with Crippen molar-refractivity contribution in [3.63, 3.8) is 0 Å². The second-order valence-electron chi connectivity index (χ2n) is 6.16. The van der Waals surface area contributed by atoms with E-state index < -0.39 is 21.9 Å². The zero-order chi connectivity index (χ0) is 20.0. The highest BCUT2D eigenvalue weighted by Crippen LogP contribution is 2.33. The molecule has 142 valence electrons. The first-order valence-corrected chi connectivity index (χ1v) is 9.39. The molecular formula is C18H16F3N3O2S. The predicted molar refractivity (Wildman–Crippen MR) is 94.8 cm³/mol. The van der Waals surface area contributed by atoms with Crippen molar-refractivity contribution in [1.82, 2.24) is 9.55 Å². The number of aryl methyl sites for hydroxylation is 2. The predicted octanol–water partition coefficient (Wildman–Crippen LogP) is 3.82. The summed E-state index contributed by atoms with van der Waals surface area (Å²) in [4.78, 5) is 3.60. The van der Waals surface area contributed by atoms with Crippen LogP contribution in [0.2, 0.25) is 0 Å². The Morgan fingerprint density at radius 1 is 1.00 bits per heavy atom. The highest BCUT2D eigenvalue weighted by Gasteiger charge is 2.35. The number of primary sulfonamides is 1. The van der Waals surface area contributed by atoms with Crippen LogP contribution in [0.1, 0.15) is 16.8 Å². The molecule has 27 heavy (non-hydrogen) atoms. The van der Waals surface area contributed by atoms with Crippen molar-refractivity contribution in [2.75, 3.05) is 0 Å². The van der Waals surface area contributed by atoms with E-state index in [2.05, 4.69) is 4.98 Å². The number of halogens is 3. The van der Waals surface area contributed by atoms with Crippen molar-refractivity contribution in [2.24, 2.45) is 5.14 Å². The number of nitrogens with zero attached hydrogens (tertiary/aromatic N) is 2. The average Bonchev–Trinajstić information content (AvgIpc) is 3.02. The lowest BCUT2D eigenvalue weighted by Gasteiger charge is -2.10. The molecule has 0 aliphatic carbocycles. The molecule has 5 nitrogen and oxygen atoms in total. The van der Waals surface area contributed by atoms with E-state index in [4.69, 9.17) is 5.14 Å². The van der Waals surface area contributed by atoms with Gasteiger partial charge in [0, 0.05) is 17.4 Å². The van der Waals surface area contributed by atoms with E-state index in [9.17, 15) is 21.6 Å². The molecule has 1 heterocycles. The number of aromatic nitrogens is 2. The molecule has 9 heteroatoms. The third-order valence-electron chi connectivity index (χ3n) is 4.21. The second-order valence-corrected chi connectivity index (χ2v) is 7.72. The molecule has 0 spiro atoms. The lowest BCUT2D eigenvalue weighted by atomic mass is 10.1. The molecule has 0 fully saturated rings. The number of imidazole rings is 1. The topological polar surface area (TPSA) is 78.0 Å². The first-order valence-electron chi connectivity index (χ1n) is 7.84. The minimum Gasteiger partial charge on any atom is -0.299 e. The molecule has 0 saturated carbocycles. The van der Waals surface area contributed by atoms with Crippen molar-refractivity contribution >= 4 is 10.0 Å². The molecule has 1 aromatic heterocycles. The lowest BCUT2D eigenvalue weighted by Crippen LogP contribution is -2.11. The Balaban J connectivity index is 2.19. The fourth-order valence-electron chi connectivity index (χ4n) is 2.59. The first kappa shape index (κ1) is 19.1. The van der Waals surface area contributed by atoms with Gasteiger partial charge in [-0.1, -0.05) is 6.07 Å². The van der Waals surface area contributed by atoms with E-state index in [1.807, 2.05) is 19.9 Å². The largest absolute Gasteiger partial charge is 0.434 e. The molecule has 0 saturated heterocycles. The fraction of sp³-hybridized carbons (Fsp3) is 0.167. The maximum Gasteiger partial charge on any atom is 0.434 e. The number of hydrogen-bond acceptors (Lipinski definition) is 3. The fourth-order valence-corrected chi connectivity index (χ4v) is 3.10. The molecule has 0 aliphatic heterocycles. The van der Waals surface area contributed by atoms with Gasteiger partial charge in [-0.25, -0.2) is 18.5 Å². The summed E-state index contributed by atoms with van der Waals surface area (Å²) in [6, 6.07) is 10.5. The SMILES string of the molecule is Cc1ccc(-n2cc(C(F)(F)F)nc2-c2ccc(S(N)(=O)=O)cc2)cc1C. The number of sulfonamides is 1. The summed E-state index contributed by atoms with van der Waals surface area (Å²) in [5.41, 5.74) is 1.74. The smallest absolute Gasteiger partial charge is 0.299 e. The van der Waals surface area contributed by atoms with Crippen LogP contribution >= 0.6 is 0 Å². The zero-order valence-corrected chi connectivity index (χ0v) is 15.3. The van der Waals surface area contributed by atoms with Gasteiger partial charge in [-0.15, -0.1) is 0 Å². The van der Waals surface area contributed by atoms with E-state index in [-0.39, 0.29) is 10.7 Å². The van der Waals surface area contributed by atoms with Crippen molar-refractivity contribution in [1.29, 1.82) is 0 Å². The van der Waals surface area contributed by atoms with Crippen molar-refractivity contribution in [3.8, 4) is 17.1 Å². The molecule has 0 aliphatic rings. The monoisotopic (exact) mass is 395 g/mol. The zero-order valence-electron chi connectivity index (χ0n) is 14.4. The first-order chi connectivity index (χ1) is 12.5. The number of benzene rings is 2. The molecule has 0 radical (unpaired) electrons. The Kier molecular flexibility index (Phi) is 4.61. The van der Waals surface area contributed by atoms with Crippen LogP contribution in [0.4, 0.5) is 13.2 Å². The van der Waals surface area contributed by atoms with Crippen molar-refractivity contribution < 1.29 is 21.6 Å². The van der Waals surface area contributed by atoms with Gasteiger partial charge in [-0.2, -0.15) is 13.2 Å². The van der Waals surface area contributed by atoms with E-state index in [0.29, 0.717) is 11.3 Å². The van der Waals surface area contributed by atoms with Crippen LogP contribution in [0.3, 0.4) is 0 Å². The minimum absolute atomic E-state index is 0.0477. The third kappa shape index (κ3) is 3.88. The quantitative estimate of drug-likeness (QED) is 0.732. The van der Waals surface area contributed by atoms with Crippen LogP contribution in [-0.2, 0) is 16.2 Å². The van der Waals surface area contributed by atoms with E-state index in [1.54, 1.807) is 12.1 Å². The number of nitrogens with two attached hydrogens (primary N) is 1. The van der Waals surface area contributed by atoms with Gasteiger partial charge >= 0.3 is 6.18 Å². The van der Waals surface area contributed by atoms with Gasteiger partial charge in [0.1, 0.15) is 5.82 Å². The maximum atomic E-state index is 13.2. The third-order valence-corrected chi connectivity index (χ3v) is 5.14. The molecule has 3 aromatic rings. The van der Waals surface area contributed by atoms with Gasteiger partial charge in [-0.05, 0) is 61.4 Å². The van der Waals surface area contributed by atoms with Crippen LogP contribution in [-0.4, -0.2) is 18.0 Å². The van der Waals surface area contributed by atoms with Crippen LogP contribution in [0.15, 0.2) is 53.6 Å². The molecule has 2 N–H and O–H groups in total. The minimum atomic E-state index is -4.61. The second kappa shape index (κ2) is 6.50. The van der Waals surface area contributed by atoms with Gasteiger partial charge in [0.15, 0.2) is 5.69 Å². The molecular weight excluding hydrogens is 379 g/mol. The van der Waals surface area contributed by atoms with Crippen LogP contribution in [0.25, 0.3) is 17.1 Å². The highest BCUT2D eigenvalue weighted by molar-refractivity contribution is 7.89. The number of rotatable bonds is 3. The molecule has 0 unspecified atom stereocenters. The molecule has 3 rings (SSSR count). The van der Waals surface area contributed by atoms with Gasteiger partial charge in [0.2, 0.25) is 10.0 Å². The highest BCUT2D eigenvalue weighted by atomic mass is 32.2. The Morgan fingerprint density at radius 3 is 2.15 bits per heavy atom. The Bertz CT molecular complexity index is 1100. The maximum absolute atomic E-state index is 13.2. The summed E-state index contributed by atoms with van der Waals surface area (Å²) >= 11 is 0. The summed E-state index contributed by atoms with van der Waals surface area (Å²) in [6.45, 7) is 3.77. The molecule has 2 aromatic carbocycles. The number of hydrogen-bond donors (Lipinski definition) is 1. The van der Waals surface area contributed by atoms with E-state index in [1.165, 1.54) is 28.8 Å². The van der Waals surface area contributed by atoms with Gasteiger partial charge in [0.25, 0.3) is 0 Å². The summed E-state index contributed by atoms with van der Waals surface area (Å²) < 4.78 is 63.7. The van der Waals surface area contributed by atoms with Gasteiger partial charge in [0.05, 0.1) is 4.90 Å². The normalized spacial score (nSPS) is 12.4. The molecule has 0 bridgehead atoms. The van der Waals surface area contributed by atoms with Crippen molar-refractivity contribution in [3.05, 3.63) is 65.5 Å². The summed E-state index contributed by atoms with van der Waals surface area (Å²) in [5, 5.41) is 5.06.